The van der Waals surface area contributed by atoms with Gasteiger partial charge in [0.15, 0.2) is 0 Å². The van der Waals surface area contributed by atoms with Crippen LogP contribution in [0.4, 0.5) is 0 Å². The topological polar surface area (TPSA) is 79.5 Å². The van der Waals surface area contributed by atoms with Crippen LogP contribution in [0, 0.1) is 0 Å². The number of imidazole rings is 1. The van der Waals surface area contributed by atoms with E-state index in [1.807, 2.05) is 12.1 Å². The number of H-pyrrole nitrogens is 1. The van der Waals surface area contributed by atoms with Gasteiger partial charge in [0.25, 0.3) is 0 Å². The number of piperazine rings is 1. The number of nitrogens with one attached hydrogen (secondary N) is 2. The predicted molar refractivity (Wildman–Crippen MR) is 88.9 cm³/mol. The molecule has 7 heteroatoms. The number of carbonyl (C=O) groups excluding carboxylic acids is 1. The Morgan fingerprint density at radius 1 is 1.38 bits per heavy atom. The molecule has 2 aliphatic heterocycles. The Bertz CT molecular complexity index is 720. The fraction of sp³-hybridized carbons (Fsp3) is 0.529. The first-order valence-electron chi connectivity index (χ1n) is 8.48. The summed E-state index contributed by atoms with van der Waals surface area (Å²) in [6, 6.07) is 5.44. The molecule has 2 saturated heterocycles. The van der Waals surface area contributed by atoms with Gasteiger partial charge in [-0.3, -0.25) is 4.90 Å². The molecule has 0 aliphatic carbocycles. The van der Waals surface area contributed by atoms with Gasteiger partial charge < -0.3 is 19.8 Å². The molecule has 2 N–H and O–H groups in total. The standard InChI is InChI=1S/C17H22N4O3/c22-17(24-11-13-3-8-23-13)12-1-2-14-15(9-12)20-16(19-14)10-21-6-4-18-5-7-21/h1-2,9,13,18H,3-8,10-11H2,(H,19,20)/t13-/m0/s1. The number of nitrogens with zero attached hydrogens (tertiary/aromatic N) is 2. The number of aromatic nitrogens is 2. The van der Waals surface area contributed by atoms with E-state index >= 15 is 0 Å². The number of esters is 1. The highest BCUT2D eigenvalue weighted by atomic mass is 16.6. The molecule has 2 aliphatic rings. The molecule has 0 bridgehead atoms. The van der Waals surface area contributed by atoms with Crippen molar-refractivity contribution in [3.63, 3.8) is 0 Å². The van der Waals surface area contributed by atoms with Crippen LogP contribution in [0.15, 0.2) is 18.2 Å². The van der Waals surface area contributed by atoms with Gasteiger partial charge in [0.2, 0.25) is 0 Å². The van der Waals surface area contributed by atoms with E-state index in [0.717, 1.165) is 62.6 Å². The Hall–Kier alpha value is -1.96. The quantitative estimate of drug-likeness (QED) is 0.794. The van der Waals surface area contributed by atoms with Crippen molar-refractivity contribution in [3.8, 4) is 0 Å². The normalized spacial score (nSPS) is 21.6. The second kappa shape index (κ2) is 6.88. The van der Waals surface area contributed by atoms with Crippen molar-refractivity contribution >= 4 is 17.0 Å². The zero-order chi connectivity index (χ0) is 16.4. The van der Waals surface area contributed by atoms with Gasteiger partial charge in [-0.15, -0.1) is 0 Å². The maximum Gasteiger partial charge on any atom is 0.338 e. The lowest BCUT2D eigenvalue weighted by molar-refractivity contribution is -0.0824. The lowest BCUT2D eigenvalue weighted by Crippen LogP contribution is -2.43. The summed E-state index contributed by atoms with van der Waals surface area (Å²) >= 11 is 0. The molecule has 1 aromatic carbocycles. The van der Waals surface area contributed by atoms with Gasteiger partial charge >= 0.3 is 5.97 Å². The van der Waals surface area contributed by atoms with Crippen molar-refractivity contribution in [2.45, 2.75) is 19.1 Å². The van der Waals surface area contributed by atoms with Crippen LogP contribution in [-0.4, -0.2) is 66.3 Å². The summed E-state index contributed by atoms with van der Waals surface area (Å²) in [7, 11) is 0. The van der Waals surface area contributed by atoms with E-state index in [9.17, 15) is 4.79 Å². The molecule has 2 aromatic rings. The van der Waals surface area contributed by atoms with Crippen molar-refractivity contribution < 1.29 is 14.3 Å². The Kier molecular flexibility index (Phi) is 4.46. The van der Waals surface area contributed by atoms with Crippen molar-refractivity contribution in [2.24, 2.45) is 0 Å². The molecule has 0 amide bonds. The van der Waals surface area contributed by atoms with Crippen LogP contribution in [-0.2, 0) is 16.0 Å². The molecule has 128 valence electrons. The van der Waals surface area contributed by atoms with Crippen LogP contribution in [0.2, 0.25) is 0 Å². The summed E-state index contributed by atoms with van der Waals surface area (Å²) in [4.78, 5) is 22.4. The summed E-state index contributed by atoms with van der Waals surface area (Å²) in [5.74, 6) is 0.617. The second-order valence-electron chi connectivity index (χ2n) is 6.32. The van der Waals surface area contributed by atoms with Gasteiger partial charge in [0, 0.05) is 39.2 Å². The molecule has 1 atom stereocenters. The van der Waals surface area contributed by atoms with Crippen LogP contribution in [0.5, 0.6) is 0 Å². The van der Waals surface area contributed by atoms with E-state index in [1.54, 1.807) is 6.07 Å². The monoisotopic (exact) mass is 330 g/mol. The number of hydrogen-bond donors (Lipinski definition) is 2. The molecule has 0 spiro atoms. The zero-order valence-electron chi connectivity index (χ0n) is 13.6. The van der Waals surface area contributed by atoms with Gasteiger partial charge in [-0.1, -0.05) is 0 Å². The third-order valence-electron chi connectivity index (χ3n) is 4.54. The molecular formula is C17H22N4O3. The van der Waals surface area contributed by atoms with Gasteiger partial charge in [-0.05, 0) is 18.2 Å². The minimum atomic E-state index is -0.314. The highest BCUT2D eigenvalue weighted by molar-refractivity contribution is 5.93. The lowest BCUT2D eigenvalue weighted by Gasteiger charge is -2.26. The van der Waals surface area contributed by atoms with E-state index in [-0.39, 0.29) is 12.1 Å². The van der Waals surface area contributed by atoms with Crippen LogP contribution >= 0.6 is 0 Å². The van der Waals surface area contributed by atoms with E-state index in [1.165, 1.54) is 0 Å². The molecule has 7 nitrogen and oxygen atoms in total. The third kappa shape index (κ3) is 3.43. The average molecular weight is 330 g/mol. The number of hydrogen-bond acceptors (Lipinski definition) is 6. The van der Waals surface area contributed by atoms with Crippen molar-refractivity contribution in [3.05, 3.63) is 29.6 Å². The highest BCUT2D eigenvalue weighted by Crippen LogP contribution is 2.17. The molecule has 1 aromatic heterocycles. The molecule has 0 unspecified atom stereocenters. The predicted octanol–water partition coefficient (Wildman–Crippen LogP) is 0.914. The first-order chi connectivity index (χ1) is 11.8. The summed E-state index contributed by atoms with van der Waals surface area (Å²) in [5, 5.41) is 3.34. The van der Waals surface area contributed by atoms with E-state index in [2.05, 4.69) is 20.2 Å². The highest BCUT2D eigenvalue weighted by Gasteiger charge is 2.20. The minimum Gasteiger partial charge on any atom is -0.459 e. The maximum atomic E-state index is 12.1. The number of fused-ring (bicyclic) bond motifs is 1. The largest absolute Gasteiger partial charge is 0.459 e. The van der Waals surface area contributed by atoms with Crippen LogP contribution < -0.4 is 5.32 Å². The number of rotatable bonds is 5. The van der Waals surface area contributed by atoms with Crippen molar-refractivity contribution in [1.82, 2.24) is 20.2 Å². The molecule has 4 rings (SSSR count). The van der Waals surface area contributed by atoms with Gasteiger partial charge in [0.1, 0.15) is 12.4 Å². The molecular weight excluding hydrogens is 308 g/mol. The van der Waals surface area contributed by atoms with Gasteiger partial charge in [-0.25, -0.2) is 9.78 Å². The summed E-state index contributed by atoms with van der Waals surface area (Å²) < 4.78 is 10.6. The van der Waals surface area contributed by atoms with E-state index in [4.69, 9.17) is 9.47 Å². The summed E-state index contributed by atoms with van der Waals surface area (Å²) in [5.41, 5.74) is 2.28. The summed E-state index contributed by atoms with van der Waals surface area (Å²) in [6.07, 6.45) is 1.03. The van der Waals surface area contributed by atoms with Gasteiger partial charge in [0.05, 0.1) is 29.2 Å². The Morgan fingerprint density at radius 3 is 2.96 bits per heavy atom. The second-order valence-corrected chi connectivity index (χ2v) is 6.32. The molecule has 24 heavy (non-hydrogen) atoms. The van der Waals surface area contributed by atoms with Crippen LogP contribution in [0.25, 0.3) is 11.0 Å². The number of carbonyl (C=O) groups is 1. The Labute approximate surface area is 140 Å². The fourth-order valence-electron chi connectivity index (χ4n) is 3.01. The fourth-order valence-corrected chi connectivity index (χ4v) is 3.01. The Balaban J connectivity index is 1.43. The van der Waals surface area contributed by atoms with Crippen LogP contribution in [0.1, 0.15) is 22.6 Å². The first-order valence-corrected chi connectivity index (χ1v) is 8.48. The lowest BCUT2D eigenvalue weighted by atomic mass is 10.2. The number of benzene rings is 1. The number of ether oxygens (including phenoxy) is 2. The molecule has 0 radical (unpaired) electrons. The minimum absolute atomic E-state index is 0.0653. The number of aromatic amines is 1. The molecule has 0 saturated carbocycles. The Morgan fingerprint density at radius 2 is 2.21 bits per heavy atom. The van der Waals surface area contributed by atoms with E-state index < -0.39 is 0 Å². The smallest absolute Gasteiger partial charge is 0.338 e. The van der Waals surface area contributed by atoms with Crippen molar-refractivity contribution in [2.75, 3.05) is 39.4 Å². The van der Waals surface area contributed by atoms with Crippen LogP contribution in [0.3, 0.4) is 0 Å². The maximum absolute atomic E-state index is 12.1. The third-order valence-corrected chi connectivity index (χ3v) is 4.54. The average Bonchev–Trinajstić information content (AvgIpc) is 2.95. The summed E-state index contributed by atoms with van der Waals surface area (Å²) in [6.45, 7) is 5.97. The molecule has 3 heterocycles. The van der Waals surface area contributed by atoms with Gasteiger partial charge in [-0.2, -0.15) is 0 Å². The molecule has 2 fully saturated rings. The van der Waals surface area contributed by atoms with Crippen molar-refractivity contribution in [1.29, 1.82) is 0 Å². The SMILES string of the molecule is O=C(OC[C@@H]1CCO1)c1ccc2nc(CN3CCNCC3)[nH]c2c1. The van der Waals surface area contributed by atoms with E-state index in [0.29, 0.717) is 12.2 Å². The first kappa shape index (κ1) is 15.6. The zero-order valence-corrected chi connectivity index (χ0v) is 13.6.